The first-order chi connectivity index (χ1) is 6.24. The first-order valence-electron chi connectivity index (χ1n) is 3.62. The molecule has 0 unspecified atom stereocenters. The summed E-state index contributed by atoms with van der Waals surface area (Å²) < 4.78 is 0.796. The number of halogens is 1. The van der Waals surface area contributed by atoms with Crippen molar-refractivity contribution < 1.29 is 4.79 Å². The quantitative estimate of drug-likeness (QED) is 0.906. The van der Waals surface area contributed by atoms with Gasteiger partial charge in [-0.05, 0) is 28.3 Å². The Morgan fingerprint density at radius 2 is 2.54 bits per heavy atom. The number of nitrogens with one attached hydrogen (secondary N) is 1. The van der Waals surface area contributed by atoms with E-state index in [-0.39, 0.29) is 5.91 Å². The van der Waals surface area contributed by atoms with Crippen LogP contribution < -0.4 is 5.32 Å². The number of nitrogens with zero attached hydrogens (tertiary/aromatic N) is 1. The number of thioether (sulfide) groups is 1. The first kappa shape index (κ1) is 10.5. The number of rotatable bonds is 3. The molecule has 0 saturated heterocycles. The summed E-state index contributed by atoms with van der Waals surface area (Å²) in [7, 11) is 0. The summed E-state index contributed by atoms with van der Waals surface area (Å²) in [4.78, 5) is 15.1. The second-order valence-corrected chi connectivity index (χ2v) is 4.06. The molecule has 1 aromatic heterocycles. The molecule has 0 aromatic carbocycles. The van der Waals surface area contributed by atoms with E-state index in [1.54, 1.807) is 18.5 Å². The summed E-state index contributed by atoms with van der Waals surface area (Å²) in [6.07, 6.45) is 5.18. The number of aromatic nitrogens is 1. The molecule has 5 heteroatoms. The van der Waals surface area contributed by atoms with Gasteiger partial charge in [-0.25, -0.2) is 0 Å². The minimum absolute atomic E-state index is 0.000556. The van der Waals surface area contributed by atoms with E-state index in [4.69, 9.17) is 0 Å². The van der Waals surface area contributed by atoms with Gasteiger partial charge in [-0.3, -0.25) is 9.78 Å². The second kappa shape index (κ2) is 5.24. The molecule has 0 aliphatic carbocycles. The highest BCUT2D eigenvalue weighted by Gasteiger charge is 2.03. The van der Waals surface area contributed by atoms with Crippen molar-refractivity contribution in [2.75, 3.05) is 17.3 Å². The zero-order valence-corrected chi connectivity index (χ0v) is 9.48. The Balaban J connectivity index is 2.63. The van der Waals surface area contributed by atoms with Gasteiger partial charge in [0.15, 0.2) is 0 Å². The summed E-state index contributed by atoms with van der Waals surface area (Å²) in [6.45, 7) is 0. The van der Waals surface area contributed by atoms with E-state index in [0.29, 0.717) is 5.75 Å². The molecule has 70 valence electrons. The van der Waals surface area contributed by atoms with Crippen LogP contribution in [0.15, 0.2) is 22.9 Å². The Morgan fingerprint density at radius 3 is 3.15 bits per heavy atom. The largest absolute Gasteiger partial charge is 0.324 e. The van der Waals surface area contributed by atoms with E-state index >= 15 is 0 Å². The van der Waals surface area contributed by atoms with E-state index in [2.05, 4.69) is 26.2 Å². The zero-order chi connectivity index (χ0) is 9.68. The molecule has 0 saturated carbocycles. The number of carbonyl (C=O) groups is 1. The number of carbonyl (C=O) groups excluding carboxylic acids is 1. The van der Waals surface area contributed by atoms with E-state index < -0.39 is 0 Å². The number of hydrogen-bond acceptors (Lipinski definition) is 3. The molecule has 1 N–H and O–H groups in total. The second-order valence-electron chi connectivity index (χ2n) is 2.34. The molecule has 1 aromatic rings. The van der Waals surface area contributed by atoms with Crippen molar-refractivity contribution in [3.63, 3.8) is 0 Å². The Hall–Kier alpha value is -0.550. The molecule has 0 fully saturated rings. The predicted octanol–water partition coefficient (Wildman–Crippen LogP) is 2.15. The molecule has 0 aliphatic heterocycles. The van der Waals surface area contributed by atoms with Gasteiger partial charge in [-0.15, -0.1) is 0 Å². The van der Waals surface area contributed by atoms with Crippen molar-refractivity contribution in [1.82, 2.24) is 4.98 Å². The topological polar surface area (TPSA) is 42.0 Å². The van der Waals surface area contributed by atoms with Crippen LogP contribution in [-0.4, -0.2) is 22.9 Å². The summed E-state index contributed by atoms with van der Waals surface area (Å²) in [5.74, 6) is 0.466. The van der Waals surface area contributed by atoms with Crippen LogP contribution in [0.4, 0.5) is 5.69 Å². The van der Waals surface area contributed by atoms with Crippen LogP contribution in [-0.2, 0) is 4.79 Å². The molecular weight excluding hydrogens is 252 g/mol. The third-order valence-electron chi connectivity index (χ3n) is 1.32. The highest BCUT2D eigenvalue weighted by atomic mass is 79.9. The molecule has 0 spiro atoms. The van der Waals surface area contributed by atoms with Crippen molar-refractivity contribution in [1.29, 1.82) is 0 Å². The fraction of sp³-hybridized carbons (Fsp3) is 0.250. The predicted molar refractivity (Wildman–Crippen MR) is 58.9 cm³/mol. The van der Waals surface area contributed by atoms with Crippen molar-refractivity contribution >= 4 is 39.3 Å². The number of pyridine rings is 1. The van der Waals surface area contributed by atoms with Crippen molar-refractivity contribution in [2.45, 2.75) is 0 Å². The van der Waals surface area contributed by atoms with Crippen molar-refractivity contribution in [3.05, 3.63) is 22.9 Å². The van der Waals surface area contributed by atoms with Crippen LogP contribution in [0.2, 0.25) is 0 Å². The summed E-state index contributed by atoms with van der Waals surface area (Å²) in [5.41, 5.74) is 0.758. The molecule has 0 bridgehead atoms. The van der Waals surface area contributed by atoms with Crippen LogP contribution in [0.25, 0.3) is 0 Å². The lowest BCUT2D eigenvalue weighted by Gasteiger charge is -2.04. The van der Waals surface area contributed by atoms with Gasteiger partial charge < -0.3 is 5.32 Å². The Morgan fingerprint density at radius 1 is 1.77 bits per heavy atom. The van der Waals surface area contributed by atoms with Crippen LogP contribution in [0.5, 0.6) is 0 Å². The Kier molecular flexibility index (Phi) is 4.24. The van der Waals surface area contributed by atoms with Crippen LogP contribution in [0.3, 0.4) is 0 Å². The molecule has 0 radical (unpaired) electrons. The van der Waals surface area contributed by atoms with Crippen LogP contribution in [0, 0.1) is 0 Å². The standard InChI is InChI=1S/C8H9BrN2OS/c1-13-5-8(12)11-7-2-3-10-4-6(7)9/h2-4H,5H2,1H3,(H,10,11,12). The number of anilines is 1. The maximum atomic E-state index is 11.2. The summed E-state index contributed by atoms with van der Waals surface area (Å²) >= 11 is 4.78. The molecular formula is C8H9BrN2OS. The lowest BCUT2D eigenvalue weighted by molar-refractivity contribution is -0.113. The third kappa shape index (κ3) is 3.36. The highest BCUT2D eigenvalue weighted by molar-refractivity contribution is 9.10. The van der Waals surface area contributed by atoms with E-state index in [1.165, 1.54) is 11.8 Å². The number of hydrogen-bond donors (Lipinski definition) is 1. The lowest BCUT2D eigenvalue weighted by Crippen LogP contribution is -2.14. The van der Waals surface area contributed by atoms with Gasteiger partial charge in [-0.2, -0.15) is 11.8 Å². The van der Waals surface area contributed by atoms with Gasteiger partial charge in [-0.1, -0.05) is 0 Å². The lowest BCUT2D eigenvalue weighted by atomic mass is 10.4. The zero-order valence-electron chi connectivity index (χ0n) is 7.08. The fourth-order valence-corrected chi connectivity index (χ4v) is 1.48. The SMILES string of the molecule is CSCC(=O)Nc1ccncc1Br. The average Bonchev–Trinajstić information content (AvgIpc) is 2.09. The monoisotopic (exact) mass is 260 g/mol. The van der Waals surface area contributed by atoms with Gasteiger partial charge in [0.05, 0.1) is 15.9 Å². The van der Waals surface area contributed by atoms with Crippen LogP contribution in [0.1, 0.15) is 0 Å². The van der Waals surface area contributed by atoms with Gasteiger partial charge in [0.1, 0.15) is 0 Å². The van der Waals surface area contributed by atoms with Crippen molar-refractivity contribution in [2.24, 2.45) is 0 Å². The minimum atomic E-state index is -0.000556. The molecule has 1 amide bonds. The van der Waals surface area contributed by atoms with Gasteiger partial charge in [0.2, 0.25) is 5.91 Å². The van der Waals surface area contributed by atoms with Gasteiger partial charge in [0, 0.05) is 12.4 Å². The van der Waals surface area contributed by atoms with E-state index in [9.17, 15) is 4.79 Å². The minimum Gasteiger partial charge on any atom is -0.324 e. The fourth-order valence-electron chi connectivity index (χ4n) is 0.794. The smallest absolute Gasteiger partial charge is 0.234 e. The maximum absolute atomic E-state index is 11.2. The summed E-state index contributed by atoms with van der Waals surface area (Å²) in [5, 5.41) is 2.76. The average molecular weight is 261 g/mol. The van der Waals surface area contributed by atoms with Crippen molar-refractivity contribution in [3.8, 4) is 0 Å². The molecule has 3 nitrogen and oxygen atoms in total. The van der Waals surface area contributed by atoms with Gasteiger partial charge >= 0.3 is 0 Å². The van der Waals surface area contributed by atoms with E-state index in [0.717, 1.165) is 10.2 Å². The highest BCUT2D eigenvalue weighted by Crippen LogP contribution is 2.19. The van der Waals surface area contributed by atoms with Crippen LogP contribution >= 0.6 is 27.7 Å². The first-order valence-corrected chi connectivity index (χ1v) is 5.81. The van der Waals surface area contributed by atoms with Gasteiger partial charge in [0.25, 0.3) is 0 Å². The Labute approximate surface area is 89.4 Å². The molecule has 1 rings (SSSR count). The van der Waals surface area contributed by atoms with E-state index in [1.807, 2.05) is 6.26 Å². The molecule has 13 heavy (non-hydrogen) atoms. The third-order valence-corrected chi connectivity index (χ3v) is 2.50. The summed E-state index contributed by atoms with van der Waals surface area (Å²) in [6, 6.07) is 1.75. The molecule has 0 aliphatic rings. The maximum Gasteiger partial charge on any atom is 0.234 e. The number of amides is 1. The Bertz CT molecular complexity index is 306. The molecule has 0 atom stereocenters. The normalized spacial score (nSPS) is 9.69. The molecule has 1 heterocycles.